The van der Waals surface area contributed by atoms with Gasteiger partial charge in [-0.25, -0.2) is 4.98 Å². The Morgan fingerprint density at radius 3 is 2.89 bits per heavy atom. The summed E-state index contributed by atoms with van der Waals surface area (Å²) in [6.45, 7) is 1.99. The third-order valence-electron chi connectivity index (χ3n) is 2.94. The lowest BCUT2D eigenvalue weighted by Gasteiger charge is -1.97. The smallest absolute Gasteiger partial charge is 0.181 e. The topological polar surface area (TPSA) is 56.7 Å². The van der Waals surface area contributed by atoms with Gasteiger partial charge in [0.15, 0.2) is 5.13 Å². The molecule has 98 valence electrons. The number of fused-ring (bicyclic) bond motifs is 1. The number of thioether (sulfide) groups is 1. The fourth-order valence-corrected chi connectivity index (χ4v) is 4.04. The molecule has 0 saturated heterocycles. The molecule has 0 aliphatic carbocycles. The first-order valence-electron chi connectivity index (χ1n) is 5.91. The highest BCUT2D eigenvalue weighted by Gasteiger charge is 2.11. The summed E-state index contributed by atoms with van der Waals surface area (Å²) in [5, 5.41) is 6.44. The lowest BCUT2D eigenvalue weighted by Crippen LogP contribution is -1.90. The monoisotopic (exact) mass is 290 g/mol. The third-order valence-corrected chi connectivity index (χ3v) is 5.31. The lowest BCUT2D eigenvalue weighted by molar-refractivity contribution is 0.781. The number of para-hydroxylation sites is 1. The summed E-state index contributed by atoms with van der Waals surface area (Å²) in [4.78, 5) is 4.24. The van der Waals surface area contributed by atoms with E-state index in [9.17, 15) is 0 Å². The molecule has 0 bridgehead atoms. The van der Waals surface area contributed by atoms with Crippen molar-refractivity contribution in [2.24, 2.45) is 7.05 Å². The van der Waals surface area contributed by atoms with Crippen LogP contribution in [0.1, 0.15) is 11.4 Å². The van der Waals surface area contributed by atoms with E-state index in [2.05, 4.69) is 22.2 Å². The number of aryl methyl sites for hydroxylation is 2. The molecule has 0 radical (unpaired) electrons. The predicted octanol–water partition coefficient (Wildman–Crippen LogP) is 3.21. The van der Waals surface area contributed by atoms with Crippen LogP contribution in [0.3, 0.4) is 0 Å². The maximum Gasteiger partial charge on any atom is 0.181 e. The van der Waals surface area contributed by atoms with Crippen LogP contribution in [-0.4, -0.2) is 14.8 Å². The quantitative estimate of drug-likeness (QED) is 0.753. The van der Waals surface area contributed by atoms with E-state index in [-0.39, 0.29) is 0 Å². The first kappa shape index (κ1) is 12.5. The van der Waals surface area contributed by atoms with Gasteiger partial charge in [-0.2, -0.15) is 5.10 Å². The van der Waals surface area contributed by atoms with Crippen LogP contribution in [0.15, 0.2) is 28.5 Å². The molecule has 2 aromatic heterocycles. The minimum atomic E-state index is 0.630. The molecule has 1 aromatic carbocycles. The van der Waals surface area contributed by atoms with Gasteiger partial charge in [-0.1, -0.05) is 29.5 Å². The molecule has 0 aliphatic heterocycles. The predicted molar refractivity (Wildman–Crippen MR) is 81.5 cm³/mol. The summed E-state index contributed by atoms with van der Waals surface area (Å²) in [5.41, 5.74) is 9.00. The molecule has 0 atom stereocenters. The van der Waals surface area contributed by atoms with E-state index in [4.69, 9.17) is 5.73 Å². The van der Waals surface area contributed by atoms with Gasteiger partial charge in [0.25, 0.3) is 0 Å². The SMILES string of the molecule is Cc1nc(N)sc1SCc1nn(C)c2ccccc12. The van der Waals surface area contributed by atoms with Crippen molar-refractivity contribution in [1.82, 2.24) is 14.8 Å². The molecule has 2 N–H and O–H groups in total. The molecule has 0 fully saturated rings. The van der Waals surface area contributed by atoms with Crippen molar-refractivity contribution in [3.05, 3.63) is 35.7 Å². The second kappa shape index (κ2) is 4.86. The molecule has 0 amide bonds. The zero-order valence-electron chi connectivity index (χ0n) is 10.8. The van der Waals surface area contributed by atoms with Crippen molar-refractivity contribution in [2.45, 2.75) is 16.9 Å². The molecule has 3 aromatic rings. The van der Waals surface area contributed by atoms with Gasteiger partial charge in [-0.15, -0.1) is 11.8 Å². The first-order valence-corrected chi connectivity index (χ1v) is 7.71. The van der Waals surface area contributed by atoms with E-state index in [1.54, 1.807) is 23.1 Å². The Hall–Kier alpha value is -1.53. The zero-order valence-corrected chi connectivity index (χ0v) is 12.4. The number of rotatable bonds is 3. The van der Waals surface area contributed by atoms with Crippen LogP contribution in [-0.2, 0) is 12.8 Å². The van der Waals surface area contributed by atoms with E-state index in [1.165, 1.54) is 15.1 Å². The minimum Gasteiger partial charge on any atom is -0.375 e. The van der Waals surface area contributed by atoms with Gasteiger partial charge in [0, 0.05) is 18.2 Å². The highest BCUT2D eigenvalue weighted by Crippen LogP contribution is 2.33. The number of nitrogens with two attached hydrogens (primary N) is 1. The van der Waals surface area contributed by atoms with Crippen molar-refractivity contribution in [2.75, 3.05) is 5.73 Å². The molecule has 3 rings (SSSR count). The average Bonchev–Trinajstić information content (AvgIpc) is 2.88. The highest BCUT2D eigenvalue weighted by molar-refractivity contribution is 8.00. The van der Waals surface area contributed by atoms with Crippen molar-refractivity contribution in [3.8, 4) is 0 Å². The molecule has 0 saturated carbocycles. The van der Waals surface area contributed by atoms with Crippen molar-refractivity contribution < 1.29 is 0 Å². The number of thiazole rings is 1. The van der Waals surface area contributed by atoms with Gasteiger partial charge in [0.2, 0.25) is 0 Å². The van der Waals surface area contributed by atoms with E-state index < -0.39 is 0 Å². The normalized spacial score (nSPS) is 11.3. The Balaban J connectivity index is 1.88. The summed E-state index contributed by atoms with van der Waals surface area (Å²) in [5.74, 6) is 0.837. The van der Waals surface area contributed by atoms with Gasteiger partial charge >= 0.3 is 0 Å². The Morgan fingerprint density at radius 1 is 1.37 bits per heavy atom. The largest absolute Gasteiger partial charge is 0.375 e. The van der Waals surface area contributed by atoms with Crippen LogP contribution < -0.4 is 5.73 Å². The summed E-state index contributed by atoms with van der Waals surface area (Å²) in [6, 6.07) is 8.29. The zero-order chi connectivity index (χ0) is 13.4. The molecule has 6 heteroatoms. The number of nitrogens with zero attached hydrogens (tertiary/aromatic N) is 3. The van der Waals surface area contributed by atoms with Crippen LogP contribution in [0.4, 0.5) is 5.13 Å². The molecule has 19 heavy (non-hydrogen) atoms. The average molecular weight is 290 g/mol. The highest BCUT2D eigenvalue weighted by atomic mass is 32.2. The van der Waals surface area contributed by atoms with Crippen molar-refractivity contribution in [1.29, 1.82) is 0 Å². The maximum atomic E-state index is 5.72. The van der Waals surface area contributed by atoms with Gasteiger partial charge < -0.3 is 5.73 Å². The van der Waals surface area contributed by atoms with E-state index in [1.807, 2.05) is 30.8 Å². The molecule has 0 spiro atoms. The molecule has 2 heterocycles. The summed E-state index contributed by atoms with van der Waals surface area (Å²) in [6.07, 6.45) is 0. The summed E-state index contributed by atoms with van der Waals surface area (Å²) >= 11 is 3.29. The van der Waals surface area contributed by atoms with Crippen LogP contribution in [0.5, 0.6) is 0 Å². The lowest BCUT2D eigenvalue weighted by atomic mass is 10.2. The third kappa shape index (κ3) is 2.33. The number of hydrogen-bond donors (Lipinski definition) is 1. The van der Waals surface area contributed by atoms with Crippen LogP contribution in [0.2, 0.25) is 0 Å². The van der Waals surface area contributed by atoms with Crippen molar-refractivity contribution >= 4 is 39.1 Å². The van der Waals surface area contributed by atoms with Crippen LogP contribution in [0.25, 0.3) is 10.9 Å². The van der Waals surface area contributed by atoms with Gasteiger partial charge in [0.05, 0.1) is 21.1 Å². The summed E-state index contributed by atoms with van der Waals surface area (Å²) in [7, 11) is 1.98. The van der Waals surface area contributed by atoms with E-state index >= 15 is 0 Å². The maximum absolute atomic E-state index is 5.72. The van der Waals surface area contributed by atoms with Gasteiger partial charge in [-0.05, 0) is 13.0 Å². The number of anilines is 1. The van der Waals surface area contributed by atoms with E-state index in [0.29, 0.717) is 5.13 Å². The van der Waals surface area contributed by atoms with Crippen LogP contribution in [0, 0.1) is 6.92 Å². The second-order valence-electron chi connectivity index (χ2n) is 4.30. The van der Waals surface area contributed by atoms with Gasteiger partial charge in [-0.3, -0.25) is 4.68 Å². The Morgan fingerprint density at radius 2 is 2.16 bits per heavy atom. The second-order valence-corrected chi connectivity index (χ2v) is 6.58. The molecular formula is C13H14N4S2. The summed E-state index contributed by atoms with van der Waals surface area (Å²) < 4.78 is 3.10. The standard InChI is InChI=1S/C13H14N4S2/c1-8-12(19-13(14)15-8)18-7-10-9-5-3-4-6-11(9)17(2)16-10/h3-6H,7H2,1-2H3,(H2,14,15). The number of hydrogen-bond acceptors (Lipinski definition) is 5. The molecule has 4 nitrogen and oxygen atoms in total. The fourth-order valence-electron chi connectivity index (χ4n) is 2.07. The Bertz CT molecular complexity index is 729. The molecule has 0 aliphatic rings. The Labute approximate surface area is 119 Å². The minimum absolute atomic E-state index is 0.630. The number of nitrogen functional groups attached to an aromatic ring is 1. The fraction of sp³-hybridized carbons (Fsp3) is 0.231. The van der Waals surface area contributed by atoms with E-state index in [0.717, 1.165) is 17.1 Å². The number of aromatic nitrogens is 3. The Kier molecular flexibility index (Phi) is 3.20. The molecule has 0 unspecified atom stereocenters. The van der Waals surface area contributed by atoms with Gasteiger partial charge in [0.1, 0.15) is 0 Å². The molecular weight excluding hydrogens is 276 g/mol. The first-order chi connectivity index (χ1) is 9.15. The van der Waals surface area contributed by atoms with Crippen LogP contribution >= 0.6 is 23.1 Å². The number of benzene rings is 1. The van der Waals surface area contributed by atoms with Crippen molar-refractivity contribution in [3.63, 3.8) is 0 Å².